The first-order valence-electron chi connectivity index (χ1n) is 8.77. The van der Waals surface area contributed by atoms with Crippen LogP contribution >= 0.6 is 0 Å². The lowest BCUT2D eigenvalue weighted by Gasteiger charge is -2.14. The van der Waals surface area contributed by atoms with Crippen LogP contribution < -0.4 is 5.32 Å². The molecule has 3 nitrogen and oxygen atoms in total. The van der Waals surface area contributed by atoms with E-state index in [1.165, 1.54) is 11.1 Å². The zero-order chi connectivity index (χ0) is 18.5. The summed E-state index contributed by atoms with van der Waals surface area (Å²) in [4.78, 5) is 11.6. The van der Waals surface area contributed by atoms with Crippen LogP contribution in [0.4, 0.5) is 11.4 Å². The topological polar surface area (TPSA) is 49.3 Å². The molecule has 0 spiro atoms. The van der Waals surface area contributed by atoms with Gasteiger partial charge in [-0.15, -0.1) is 0 Å². The molecular formula is C23H23NO2. The Morgan fingerprint density at radius 1 is 0.846 bits per heavy atom. The molecule has 0 bridgehead atoms. The summed E-state index contributed by atoms with van der Waals surface area (Å²) in [6, 6.07) is 22.0. The summed E-state index contributed by atoms with van der Waals surface area (Å²) in [5.41, 5.74) is 6.52. The number of anilines is 2. The molecule has 0 fully saturated rings. The van der Waals surface area contributed by atoms with E-state index in [4.69, 9.17) is 0 Å². The molecule has 132 valence electrons. The maximum absolute atomic E-state index is 11.6. The molecule has 0 amide bonds. The molecular weight excluding hydrogens is 322 g/mol. The van der Waals surface area contributed by atoms with Crippen molar-refractivity contribution in [2.75, 3.05) is 5.32 Å². The van der Waals surface area contributed by atoms with Crippen LogP contribution in [0.1, 0.15) is 32.6 Å². The van der Waals surface area contributed by atoms with Crippen molar-refractivity contribution < 1.29 is 9.90 Å². The third kappa shape index (κ3) is 4.31. The van der Waals surface area contributed by atoms with Gasteiger partial charge in [-0.2, -0.15) is 0 Å². The zero-order valence-corrected chi connectivity index (χ0v) is 15.1. The molecule has 0 atom stereocenters. The lowest BCUT2D eigenvalue weighted by atomic mass is 10.0. The van der Waals surface area contributed by atoms with Gasteiger partial charge in [0.15, 0.2) is 0 Å². The van der Waals surface area contributed by atoms with Gasteiger partial charge in [0.25, 0.3) is 0 Å². The quantitative estimate of drug-likeness (QED) is 0.617. The van der Waals surface area contributed by atoms with Gasteiger partial charge >= 0.3 is 5.97 Å². The molecule has 0 radical (unpaired) electrons. The van der Waals surface area contributed by atoms with Crippen molar-refractivity contribution in [3.05, 3.63) is 94.5 Å². The minimum Gasteiger partial charge on any atom is -0.478 e. The van der Waals surface area contributed by atoms with Gasteiger partial charge in [-0.3, -0.25) is 0 Å². The summed E-state index contributed by atoms with van der Waals surface area (Å²) in [6.45, 7) is 4.07. The molecule has 3 rings (SSSR count). The van der Waals surface area contributed by atoms with E-state index in [2.05, 4.69) is 23.5 Å². The third-order valence-corrected chi connectivity index (χ3v) is 4.51. The summed E-state index contributed by atoms with van der Waals surface area (Å²) in [5, 5.41) is 12.8. The van der Waals surface area contributed by atoms with Crippen LogP contribution in [-0.2, 0) is 12.8 Å². The highest BCUT2D eigenvalue weighted by Gasteiger charge is 2.12. The first kappa shape index (κ1) is 17.7. The minimum atomic E-state index is -0.924. The number of hydrogen-bond acceptors (Lipinski definition) is 2. The van der Waals surface area contributed by atoms with Gasteiger partial charge in [0.1, 0.15) is 0 Å². The van der Waals surface area contributed by atoms with E-state index in [1.54, 1.807) is 6.07 Å². The fourth-order valence-electron chi connectivity index (χ4n) is 3.07. The van der Waals surface area contributed by atoms with Crippen LogP contribution in [0.3, 0.4) is 0 Å². The summed E-state index contributed by atoms with van der Waals surface area (Å²) < 4.78 is 0. The molecule has 0 aromatic heterocycles. The van der Waals surface area contributed by atoms with Crippen LogP contribution in [0.25, 0.3) is 0 Å². The predicted molar refractivity (Wildman–Crippen MR) is 106 cm³/mol. The predicted octanol–water partition coefficient (Wildman–Crippen LogP) is 5.53. The largest absolute Gasteiger partial charge is 0.478 e. The van der Waals surface area contributed by atoms with Gasteiger partial charge in [-0.1, -0.05) is 54.1 Å². The van der Waals surface area contributed by atoms with Gasteiger partial charge in [-0.25, -0.2) is 4.79 Å². The summed E-state index contributed by atoms with van der Waals surface area (Å²) in [5.74, 6) is -0.924. The molecule has 0 heterocycles. The van der Waals surface area contributed by atoms with Gasteiger partial charge in [0, 0.05) is 5.69 Å². The Bertz CT molecular complexity index is 917. The zero-order valence-electron chi connectivity index (χ0n) is 15.1. The minimum absolute atomic E-state index is 0.286. The molecule has 0 aliphatic rings. The van der Waals surface area contributed by atoms with Gasteiger partial charge in [0.2, 0.25) is 0 Å². The lowest BCUT2D eigenvalue weighted by molar-refractivity contribution is 0.0698. The molecule has 0 saturated heterocycles. The number of rotatable bonds is 6. The number of aryl methyl sites for hydroxylation is 4. The Kier molecular flexibility index (Phi) is 5.37. The fraction of sp³-hybridized carbons (Fsp3) is 0.174. The molecule has 3 aromatic carbocycles. The third-order valence-electron chi connectivity index (χ3n) is 4.51. The standard InChI is InChI=1S/C23H23NO2/c1-16-8-13-21(17(2)14-16)24-22-15-19(11-12-20(22)23(25)26)10-9-18-6-4-3-5-7-18/h3-8,11-15,24H,9-10H2,1-2H3,(H,25,26). The number of nitrogens with one attached hydrogen (secondary N) is 1. The second kappa shape index (κ2) is 7.87. The summed E-state index contributed by atoms with van der Waals surface area (Å²) in [6.07, 6.45) is 1.79. The molecule has 0 aliphatic heterocycles. The van der Waals surface area contributed by atoms with Crippen molar-refractivity contribution in [3.8, 4) is 0 Å². The van der Waals surface area contributed by atoms with E-state index in [1.807, 2.05) is 56.3 Å². The van der Waals surface area contributed by atoms with Crippen LogP contribution in [0.2, 0.25) is 0 Å². The Hall–Kier alpha value is -3.07. The Morgan fingerprint density at radius 2 is 1.58 bits per heavy atom. The van der Waals surface area contributed by atoms with Crippen molar-refractivity contribution in [1.29, 1.82) is 0 Å². The molecule has 0 unspecified atom stereocenters. The molecule has 3 heteroatoms. The molecule has 3 aromatic rings. The number of carbonyl (C=O) groups is 1. The van der Waals surface area contributed by atoms with E-state index < -0.39 is 5.97 Å². The molecule has 0 aliphatic carbocycles. The average Bonchev–Trinajstić information content (AvgIpc) is 2.63. The lowest BCUT2D eigenvalue weighted by Crippen LogP contribution is -2.05. The number of aromatic carboxylic acids is 1. The highest BCUT2D eigenvalue weighted by atomic mass is 16.4. The maximum atomic E-state index is 11.6. The van der Waals surface area contributed by atoms with Crippen molar-refractivity contribution in [1.82, 2.24) is 0 Å². The van der Waals surface area contributed by atoms with E-state index in [0.29, 0.717) is 5.69 Å². The number of carboxylic acids is 1. The summed E-state index contributed by atoms with van der Waals surface area (Å²) >= 11 is 0. The van der Waals surface area contributed by atoms with Crippen molar-refractivity contribution >= 4 is 17.3 Å². The van der Waals surface area contributed by atoms with E-state index in [-0.39, 0.29) is 5.56 Å². The highest BCUT2D eigenvalue weighted by Crippen LogP contribution is 2.26. The molecule has 0 saturated carbocycles. The second-order valence-corrected chi connectivity index (χ2v) is 6.61. The van der Waals surface area contributed by atoms with E-state index in [9.17, 15) is 9.90 Å². The Balaban J connectivity index is 1.85. The number of hydrogen-bond donors (Lipinski definition) is 2. The SMILES string of the molecule is Cc1ccc(Nc2cc(CCc3ccccc3)ccc2C(=O)O)c(C)c1. The van der Waals surface area contributed by atoms with E-state index in [0.717, 1.165) is 29.7 Å². The van der Waals surface area contributed by atoms with Gasteiger partial charge < -0.3 is 10.4 Å². The average molecular weight is 345 g/mol. The first-order valence-corrected chi connectivity index (χ1v) is 8.77. The van der Waals surface area contributed by atoms with Crippen molar-refractivity contribution in [3.63, 3.8) is 0 Å². The van der Waals surface area contributed by atoms with Crippen LogP contribution in [0.5, 0.6) is 0 Å². The number of carboxylic acid groups (broad SMARTS) is 1. The Labute approximate surface area is 154 Å². The van der Waals surface area contributed by atoms with Crippen LogP contribution in [0, 0.1) is 13.8 Å². The fourth-order valence-corrected chi connectivity index (χ4v) is 3.07. The maximum Gasteiger partial charge on any atom is 0.337 e. The van der Waals surface area contributed by atoms with Crippen LogP contribution in [0.15, 0.2) is 66.7 Å². The smallest absolute Gasteiger partial charge is 0.337 e. The highest BCUT2D eigenvalue weighted by molar-refractivity contribution is 5.95. The number of benzene rings is 3. The normalized spacial score (nSPS) is 10.5. The van der Waals surface area contributed by atoms with Crippen molar-refractivity contribution in [2.45, 2.75) is 26.7 Å². The van der Waals surface area contributed by atoms with Gasteiger partial charge in [-0.05, 0) is 61.6 Å². The van der Waals surface area contributed by atoms with Crippen molar-refractivity contribution in [2.24, 2.45) is 0 Å². The molecule has 26 heavy (non-hydrogen) atoms. The molecule has 2 N–H and O–H groups in total. The second-order valence-electron chi connectivity index (χ2n) is 6.61. The van der Waals surface area contributed by atoms with E-state index >= 15 is 0 Å². The first-order chi connectivity index (χ1) is 12.5. The monoisotopic (exact) mass is 345 g/mol. The van der Waals surface area contributed by atoms with Crippen LogP contribution in [-0.4, -0.2) is 11.1 Å². The summed E-state index contributed by atoms with van der Waals surface area (Å²) in [7, 11) is 0. The Morgan fingerprint density at radius 3 is 2.27 bits per heavy atom. The van der Waals surface area contributed by atoms with Gasteiger partial charge in [0.05, 0.1) is 11.3 Å².